The van der Waals surface area contributed by atoms with Crippen LogP contribution in [0.4, 0.5) is 5.69 Å². The minimum Gasteiger partial charge on any atom is -0.497 e. The number of likely N-dealkylation sites (tertiary alicyclic amines) is 1. The van der Waals surface area contributed by atoms with E-state index in [4.69, 9.17) is 10.5 Å². The number of piperidine rings is 1. The molecule has 8 heteroatoms. The average molecular weight is 390 g/mol. The number of primary amides is 1. The maximum Gasteiger partial charge on any atom is 0.292 e. The molecule has 2 fully saturated rings. The molecule has 5 N–H and O–H groups in total. The number of methoxy groups -OCH3 is 1. The minimum absolute atomic E-state index is 0.0290. The van der Waals surface area contributed by atoms with Crippen molar-refractivity contribution in [2.45, 2.75) is 31.7 Å². The summed E-state index contributed by atoms with van der Waals surface area (Å²) < 4.78 is 5.12. The zero-order valence-electron chi connectivity index (χ0n) is 16.4. The number of nitrogens with zero attached hydrogens (tertiary/aromatic N) is 1. The Bertz CT molecular complexity index is 713. The van der Waals surface area contributed by atoms with Crippen LogP contribution in [0.15, 0.2) is 24.3 Å². The van der Waals surface area contributed by atoms with Crippen molar-refractivity contribution in [3.8, 4) is 5.75 Å². The third-order valence-corrected chi connectivity index (χ3v) is 5.79. The molecule has 0 unspecified atom stereocenters. The highest BCUT2D eigenvalue weighted by Gasteiger charge is 2.42. The summed E-state index contributed by atoms with van der Waals surface area (Å²) in [5.41, 5.74) is 5.96. The van der Waals surface area contributed by atoms with Gasteiger partial charge in [-0.3, -0.25) is 14.4 Å². The number of hydrogen-bond acceptors (Lipinski definition) is 4. The van der Waals surface area contributed by atoms with Crippen molar-refractivity contribution in [3.63, 3.8) is 0 Å². The molecule has 0 aliphatic carbocycles. The lowest BCUT2D eigenvalue weighted by Gasteiger charge is -2.27. The normalized spacial score (nSPS) is 25.2. The van der Waals surface area contributed by atoms with Crippen LogP contribution in [0.3, 0.4) is 0 Å². The molecule has 0 saturated carbocycles. The number of rotatable bonds is 8. The van der Waals surface area contributed by atoms with Crippen molar-refractivity contribution >= 4 is 23.4 Å². The molecule has 8 nitrogen and oxygen atoms in total. The van der Waals surface area contributed by atoms with Gasteiger partial charge < -0.3 is 20.7 Å². The number of carbonyl (C=O) groups excluding carboxylic acids is 3. The molecule has 1 aromatic rings. The summed E-state index contributed by atoms with van der Waals surface area (Å²) in [5, 5.41) is 1.99. The van der Waals surface area contributed by atoms with Crippen LogP contribution in [0.2, 0.25) is 0 Å². The summed E-state index contributed by atoms with van der Waals surface area (Å²) in [7, 11) is 1.58. The average Bonchev–Trinajstić information content (AvgIpc) is 2.99. The Morgan fingerprint density at radius 1 is 1.25 bits per heavy atom. The lowest BCUT2D eigenvalue weighted by atomic mass is 9.96. The van der Waals surface area contributed by atoms with Gasteiger partial charge in [-0.25, -0.2) is 4.90 Å². The molecular weight excluding hydrogens is 360 g/mol. The van der Waals surface area contributed by atoms with Crippen LogP contribution in [0, 0.1) is 5.92 Å². The molecule has 1 aromatic carbocycles. The fourth-order valence-electron chi connectivity index (χ4n) is 4.07. The monoisotopic (exact) mass is 390 g/mol. The van der Waals surface area contributed by atoms with E-state index in [9.17, 15) is 14.4 Å². The number of ether oxygens (including phenoxy) is 1. The zero-order valence-corrected chi connectivity index (χ0v) is 16.4. The fraction of sp³-hybridized carbons (Fsp3) is 0.550. The van der Waals surface area contributed by atoms with E-state index < -0.39 is 0 Å². The second-order valence-corrected chi connectivity index (χ2v) is 7.63. The molecule has 2 aliphatic rings. The van der Waals surface area contributed by atoms with Crippen molar-refractivity contribution in [1.29, 1.82) is 0 Å². The van der Waals surface area contributed by atoms with Gasteiger partial charge in [0.25, 0.3) is 5.91 Å². The SMILES string of the molecule is COc1ccc(N2C(=O)C[C@@H]([NH2+]CCC[NH+]3CCC(C(N)=O)CC3)C2=O)cc1. The van der Waals surface area contributed by atoms with Gasteiger partial charge in [-0.1, -0.05) is 0 Å². The Morgan fingerprint density at radius 2 is 1.93 bits per heavy atom. The van der Waals surface area contributed by atoms with Gasteiger partial charge in [0.2, 0.25) is 11.8 Å². The lowest BCUT2D eigenvalue weighted by molar-refractivity contribution is -0.907. The summed E-state index contributed by atoms with van der Waals surface area (Å²) in [6, 6.07) is 6.62. The number of imide groups is 1. The molecule has 1 atom stereocenters. The molecule has 152 valence electrons. The summed E-state index contributed by atoms with van der Waals surface area (Å²) >= 11 is 0. The molecular formula is C20H30N4O4+2. The minimum atomic E-state index is -0.342. The van der Waals surface area contributed by atoms with Crippen LogP contribution in [-0.2, 0) is 14.4 Å². The first kappa shape index (κ1) is 20.3. The van der Waals surface area contributed by atoms with Crippen molar-refractivity contribution in [1.82, 2.24) is 0 Å². The molecule has 0 spiro atoms. The molecule has 2 aliphatic heterocycles. The van der Waals surface area contributed by atoms with Crippen molar-refractivity contribution in [2.75, 3.05) is 38.2 Å². The van der Waals surface area contributed by atoms with Crippen LogP contribution in [0.25, 0.3) is 0 Å². The van der Waals surface area contributed by atoms with Crippen molar-refractivity contribution in [2.24, 2.45) is 11.7 Å². The highest BCUT2D eigenvalue weighted by atomic mass is 16.5. The molecule has 2 heterocycles. The standard InChI is InChI=1S/C20H28N4O4/c1-28-16-5-3-15(4-6-16)24-18(25)13-17(20(24)27)22-9-2-10-23-11-7-14(8-12-23)19(21)26/h3-6,14,17,22H,2,7-13H2,1H3,(H2,21,26)/p+2/t17-/m1/s1. The number of anilines is 1. The molecule has 28 heavy (non-hydrogen) atoms. The highest BCUT2D eigenvalue weighted by molar-refractivity contribution is 6.21. The maximum absolute atomic E-state index is 12.7. The van der Waals surface area contributed by atoms with E-state index in [0.717, 1.165) is 45.4 Å². The molecule has 0 bridgehead atoms. The summed E-state index contributed by atoms with van der Waals surface area (Å²) in [4.78, 5) is 39.0. The molecule has 2 saturated heterocycles. The van der Waals surface area contributed by atoms with Gasteiger partial charge in [-0.05, 0) is 24.3 Å². The summed E-state index contributed by atoms with van der Waals surface area (Å²) in [6.45, 7) is 3.77. The Morgan fingerprint density at radius 3 is 2.54 bits per heavy atom. The van der Waals surface area contributed by atoms with Gasteiger partial charge in [-0.15, -0.1) is 0 Å². The van der Waals surface area contributed by atoms with Crippen LogP contribution >= 0.6 is 0 Å². The maximum atomic E-state index is 12.7. The topological polar surface area (TPSA) is 111 Å². The van der Waals surface area contributed by atoms with E-state index in [0.29, 0.717) is 11.4 Å². The largest absolute Gasteiger partial charge is 0.497 e. The van der Waals surface area contributed by atoms with Crippen molar-refractivity contribution in [3.05, 3.63) is 24.3 Å². The van der Waals surface area contributed by atoms with E-state index in [2.05, 4.69) is 0 Å². The number of hydrogen-bond donors (Lipinski definition) is 3. The number of nitrogens with one attached hydrogen (secondary N) is 1. The Hall–Kier alpha value is -2.45. The second kappa shape index (κ2) is 9.16. The van der Waals surface area contributed by atoms with Gasteiger partial charge >= 0.3 is 0 Å². The Labute approximate surface area is 165 Å². The molecule has 0 radical (unpaired) electrons. The predicted octanol–water partition coefficient (Wildman–Crippen LogP) is -1.94. The van der Waals surface area contributed by atoms with E-state index in [1.54, 1.807) is 31.4 Å². The quantitative estimate of drug-likeness (QED) is 0.354. The number of carbonyl (C=O) groups is 3. The van der Waals surface area contributed by atoms with Crippen LogP contribution in [0.5, 0.6) is 5.75 Å². The third-order valence-electron chi connectivity index (χ3n) is 5.79. The number of amides is 3. The number of nitrogens with two attached hydrogens (primary N) is 2. The first-order valence-corrected chi connectivity index (χ1v) is 9.96. The molecule has 0 aromatic heterocycles. The Balaban J connectivity index is 1.42. The van der Waals surface area contributed by atoms with Crippen molar-refractivity contribution < 1.29 is 29.3 Å². The van der Waals surface area contributed by atoms with E-state index in [1.165, 1.54) is 9.80 Å². The van der Waals surface area contributed by atoms with E-state index in [1.807, 2.05) is 5.32 Å². The fourth-order valence-corrected chi connectivity index (χ4v) is 4.07. The van der Waals surface area contributed by atoms with Crippen LogP contribution in [-0.4, -0.2) is 57.1 Å². The second-order valence-electron chi connectivity index (χ2n) is 7.63. The third kappa shape index (κ3) is 4.69. The van der Waals surface area contributed by atoms with Gasteiger partial charge in [0.1, 0.15) is 5.75 Å². The first-order valence-electron chi connectivity index (χ1n) is 9.96. The van der Waals surface area contributed by atoms with Gasteiger partial charge in [0.05, 0.1) is 45.4 Å². The van der Waals surface area contributed by atoms with Gasteiger partial charge in [0, 0.05) is 25.2 Å². The highest BCUT2D eigenvalue weighted by Crippen LogP contribution is 2.24. The van der Waals surface area contributed by atoms with E-state index >= 15 is 0 Å². The Kier molecular flexibility index (Phi) is 6.64. The van der Waals surface area contributed by atoms with Crippen LogP contribution < -0.4 is 25.6 Å². The van der Waals surface area contributed by atoms with E-state index in [-0.39, 0.29) is 36.1 Å². The zero-order chi connectivity index (χ0) is 20.1. The number of quaternary nitrogens is 2. The molecule has 3 amide bonds. The smallest absolute Gasteiger partial charge is 0.292 e. The van der Waals surface area contributed by atoms with Crippen LogP contribution in [0.1, 0.15) is 25.7 Å². The predicted molar refractivity (Wildman–Crippen MR) is 103 cm³/mol. The molecule has 3 rings (SSSR count). The lowest BCUT2D eigenvalue weighted by Crippen LogP contribution is -3.13. The summed E-state index contributed by atoms with van der Waals surface area (Å²) in [5.74, 6) is 0.230. The number of benzene rings is 1. The summed E-state index contributed by atoms with van der Waals surface area (Å²) in [6.07, 6.45) is 2.93. The first-order chi connectivity index (χ1) is 13.5. The van der Waals surface area contributed by atoms with Gasteiger partial charge in [0.15, 0.2) is 6.04 Å². The van der Waals surface area contributed by atoms with Gasteiger partial charge in [-0.2, -0.15) is 0 Å².